The molecule has 0 N–H and O–H groups in total. The first-order valence-electron chi connectivity index (χ1n) is 9.41. The maximum atomic E-state index is 12.5. The Hall–Kier alpha value is -2.54. The summed E-state index contributed by atoms with van der Waals surface area (Å²) in [4.78, 5) is 23.6. The van der Waals surface area contributed by atoms with Crippen LogP contribution in [0.3, 0.4) is 0 Å². The van der Waals surface area contributed by atoms with E-state index >= 15 is 0 Å². The van der Waals surface area contributed by atoms with Gasteiger partial charge in [0.05, 0.1) is 18.5 Å². The average Bonchev–Trinajstić information content (AvgIpc) is 3.14. The SMILES string of the molecule is C=CCCOC(C)C(=O)N1CCC(c2nccc(-c3cnn(C)c3)n2)CC1. The van der Waals surface area contributed by atoms with Gasteiger partial charge >= 0.3 is 0 Å². The van der Waals surface area contributed by atoms with Crippen molar-refractivity contribution < 1.29 is 9.53 Å². The van der Waals surface area contributed by atoms with Crippen molar-refractivity contribution in [3.05, 3.63) is 43.1 Å². The molecule has 3 rings (SSSR count). The van der Waals surface area contributed by atoms with Crippen LogP contribution in [-0.4, -0.2) is 56.4 Å². The van der Waals surface area contributed by atoms with Crippen LogP contribution in [0.1, 0.15) is 37.9 Å². The number of likely N-dealkylation sites (tertiary alicyclic amines) is 1. The van der Waals surface area contributed by atoms with Gasteiger partial charge in [-0.3, -0.25) is 9.48 Å². The lowest BCUT2D eigenvalue weighted by Crippen LogP contribution is -2.43. The minimum Gasteiger partial charge on any atom is -0.368 e. The molecule has 7 heteroatoms. The molecular formula is C20H27N5O2. The Bertz CT molecular complexity index is 780. The largest absolute Gasteiger partial charge is 0.368 e. The van der Waals surface area contributed by atoms with Crippen molar-refractivity contribution in [1.82, 2.24) is 24.6 Å². The standard InChI is InChI=1S/C20H27N5O2/c1-4-5-12-27-15(2)20(26)25-10-7-16(8-11-25)19-21-9-6-18(23-19)17-13-22-24(3)14-17/h4,6,9,13-16H,1,5,7-8,10-12H2,2-3H3. The molecule has 0 saturated carbocycles. The van der Waals surface area contributed by atoms with E-state index in [1.807, 2.05) is 31.1 Å². The molecule has 1 saturated heterocycles. The van der Waals surface area contributed by atoms with Gasteiger partial charge in [-0.25, -0.2) is 9.97 Å². The first-order chi connectivity index (χ1) is 13.1. The maximum absolute atomic E-state index is 12.5. The molecule has 0 spiro atoms. The number of rotatable bonds is 7. The van der Waals surface area contributed by atoms with E-state index in [4.69, 9.17) is 9.72 Å². The van der Waals surface area contributed by atoms with Gasteiger partial charge in [-0.2, -0.15) is 5.10 Å². The highest BCUT2D eigenvalue weighted by atomic mass is 16.5. The zero-order valence-electron chi connectivity index (χ0n) is 16.0. The van der Waals surface area contributed by atoms with Gasteiger partial charge in [0.25, 0.3) is 5.91 Å². The fourth-order valence-electron chi connectivity index (χ4n) is 3.30. The van der Waals surface area contributed by atoms with Crippen LogP contribution in [0.4, 0.5) is 0 Å². The molecule has 0 bridgehead atoms. The summed E-state index contributed by atoms with van der Waals surface area (Å²) in [5, 5.41) is 4.20. The van der Waals surface area contributed by atoms with E-state index < -0.39 is 6.10 Å². The molecule has 1 fully saturated rings. The van der Waals surface area contributed by atoms with E-state index in [0.717, 1.165) is 36.3 Å². The highest BCUT2D eigenvalue weighted by molar-refractivity contribution is 5.80. The van der Waals surface area contributed by atoms with Crippen LogP contribution in [-0.2, 0) is 16.6 Å². The number of ether oxygens (including phenoxy) is 1. The van der Waals surface area contributed by atoms with Crippen LogP contribution >= 0.6 is 0 Å². The highest BCUT2D eigenvalue weighted by Gasteiger charge is 2.28. The second-order valence-electron chi connectivity index (χ2n) is 6.89. The lowest BCUT2D eigenvalue weighted by atomic mass is 9.95. The third kappa shape index (κ3) is 4.80. The third-order valence-corrected chi connectivity index (χ3v) is 4.88. The maximum Gasteiger partial charge on any atom is 0.251 e. The summed E-state index contributed by atoms with van der Waals surface area (Å²) < 4.78 is 7.34. The van der Waals surface area contributed by atoms with E-state index in [9.17, 15) is 4.79 Å². The molecule has 144 valence electrons. The average molecular weight is 369 g/mol. The number of piperidine rings is 1. The number of carbonyl (C=O) groups is 1. The van der Waals surface area contributed by atoms with Crippen LogP contribution in [0, 0.1) is 0 Å². The Morgan fingerprint density at radius 1 is 1.44 bits per heavy atom. The molecule has 27 heavy (non-hydrogen) atoms. The number of hydrogen-bond donors (Lipinski definition) is 0. The van der Waals surface area contributed by atoms with Crippen LogP contribution < -0.4 is 0 Å². The Morgan fingerprint density at radius 3 is 2.89 bits per heavy atom. The summed E-state index contributed by atoms with van der Waals surface area (Å²) in [6, 6.07) is 1.90. The van der Waals surface area contributed by atoms with Gasteiger partial charge in [-0.1, -0.05) is 6.08 Å². The van der Waals surface area contributed by atoms with Crippen molar-refractivity contribution in [3.8, 4) is 11.3 Å². The molecule has 0 radical (unpaired) electrons. The van der Waals surface area contributed by atoms with Crippen LogP contribution in [0.15, 0.2) is 37.3 Å². The van der Waals surface area contributed by atoms with Crippen molar-refractivity contribution in [2.75, 3.05) is 19.7 Å². The van der Waals surface area contributed by atoms with Gasteiger partial charge in [-0.15, -0.1) is 6.58 Å². The molecule has 2 aromatic rings. The third-order valence-electron chi connectivity index (χ3n) is 4.88. The minimum atomic E-state index is -0.411. The molecule has 0 aromatic carbocycles. The normalized spacial score (nSPS) is 16.3. The van der Waals surface area contributed by atoms with Crippen molar-refractivity contribution in [1.29, 1.82) is 0 Å². The molecule has 7 nitrogen and oxygen atoms in total. The van der Waals surface area contributed by atoms with Gasteiger partial charge in [-0.05, 0) is 32.3 Å². The summed E-state index contributed by atoms with van der Waals surface area (Å²) in [6.07, 6.45) is 9.42. The Morgan fingerprint density at radius 2 is 2.22 bits per heavy atom. The molecule has 1 atom stereocenters. The Kier molecular flexibility index (Phi) is 6.34. The van der Waals surface area contributed by atoms with E-state index in [1.165, 1.54) is 0 Å². The van der Waals surface area contributed by atoms with E-state index in [2.05, 4.69) is 16.7 Å². The molecule has 1 aliphatic rings. The number of carbonyl (C=O) groups excluding carboxylic acids is 1. The molecule has 0 aliphatic carbocycles. The highest BCUT2D eigenvalue weighted by Crippen LogP contribution is 2.27. The predicted molar refractivity (Wildman–Crippen MR) is 103 cm³/mol. The van der Waals surface area contributed by atoms with Crippen LogP contribution in [0.25, 0.3) is 11.3 Å². The number of hydrogen-bond acceptors (Lipinski definition) is 5. The molecule has 1 amide bonds. The van der Waals surface area contributed by atoms with Crippen LogP contribution in [0.5, 0.6) is 0 Å². The molecule has 1 aliphatic heterocycles. The van der Waals surface area contributed by atoms with Crippen molar-refractivity contribution >= 4 is 5.91 Å². The summed E-state index contributed by atoms with van der Waals surface area (Å²) in [5.74, 6) is 1.17. The summed E-state index contributed by atoms with van der Waals surface area (Å²) in [7, 11) is 1.89. The number of aryl methyl sites for hydroxylation is 1. The van der Waals surface area contributed by atoms with Crippen LogP contribution in [0.2, 0.25) is 0 Å². The lowest BCUT2D eigenvalue weighted by molar-refractivity contribution is -0.143. The number of nitrogens with zero attached hydrogens (tertiary/aromatic N) is 5. The first kappa shape index (κ1) is 19.2. The summed E-state index contributed by atoms with van der Waals surface area (Å²) >= 11 is 0. The quantitative estimate of drug-likeness (QED) is 0.554. The molecule has 3 heterocycles. The monoisotopic (exact) mass is 369 g/mol. The van der Waals surface area contributed by atoms with Gasteiger partial charge in [0.15, 0.2) is 0 Å². The van der Waals surface area contributed by atoms with Crippen molar-refractivity contribution in [2.45, 2.75) is 38.2 Å². The van der Waals surface area contributed by atoms with Gasteiger partial charge in [0, 0.05) is 44.0 Å². The second kappa shape index (κ2) is 8.90. The molecule has 1 unspecified atom stereocenters. The van der Waals surface area contributed by atoms with Gasteiger partial charge < -0.3 is 9.64 Å². The number of amides is 1. The minimum absolute atomic E-state index is 0.0579. The second-order valence-corrected chi connectivity index (χ2v) is 6.89. The zero-order chi connectivity index (χ0) is 19.2. The smallest absolute Gasteiger partial charge is 0.251 e. The fourth-order valence-corrected chi connectivity index (χ4v) is 3.30. The first-order valence-corrected chi connectivity index (χ1v) is 9.41. The predicted octanol–water partition coefficient (Wildman–Crippen LogP) is 2.56. The van der Waals surface area contributed by atoms with Gasteiger partial charge in [0.1, 0.15) is 11.9 Å². The fraction of sp³-hybridized carbons (Fsp3) is 0.500. The lowest BCUT2D eigenvalue weighted by Gasteiger charge is -2.33. The van der Waals surface area contributed by atoms with E-state index in [0.29, 0.717) is 19.7 Å². The molecular weight excluding hydrogens is 342 g/mol. The van der Waals surface area contributed by atoms with Crippen molar-refractivity contribution in [3.63, 3.8) is 0 Å². The number of aromatic nitrogens is 4. The van der Waals surface area contributed by atoms with Gasteiger partial charge in [0.2, 0.25) is 0 Å². The Labute approximate surface area is 160 Å². The van der Waals surface area contributed by atoms with Crippen molar-refractivity contribution in [2.24, 2.45) is 7.05 Å². The van der Waals surface area contributed by atoms with E-state index in [1.54, 1.807) is 23.2 Å². The summed E-state index contributed by atoms with van der Waals surface area (Å²) in [6.45, 7) is 7.43. The Balaban J connectivity index is 1.57. The topological polar surface area (TPSA) is 73.1 Å². The molecule has 2 aromatic heterocycles. The van der Waals surface area contributed by atoms with E-state index in [-0.39, 0.29) is 11.8 Å². The summed E-state index contributed by atoms with van der Waals surface area (Å²) in [5.41, 5.74) is 1.87. The zero-order valence-corrected chi connectivity index (χ0v) is 16.0.